The number of pyridine rings is 1. The summed E-state index contributed by atoms with van der Waals surface area (Å²) in [6.45, 7) is -1.81. The number of benzene rings is 2. The predicted octanol–water partition coefficient (Wildman–Crippen LogP) is 5.54. The van der Waals surface area contributed by atoms with E-state index in [2.05, 4.69) is 31.0 Å². The van der Waals surface area contributed by atoms with Gasteiger partial charge in [0.15, 0.2) is 0 Å². The Kier molecular flexibility index (Phi) is 7.00. The molecular weight excluding hydrogens is 446 g/mol. The summed E-state index contributed by atoms with van der Waals surface area (Å²) in [6.07, 6.45) is 0. The van der Waals surface area contributed by atoms with Gasteiger partial charge < -0.3 is 19.9 Å². The van der Waals surface area contributed by atoms with Crippen LogP contribution in [-0.4, -0.2) is 37.0 Å². The number of halogens is 3. The molecule has 0 radical (unpaired) electrons. The summed E-state index contributed by atoms with van der Waals surface area (Å²) in [6, 6.07) is 15.1. The molecule has 0 atom stereocenters. The van der Waals surface area contributed by atoms with Crippen LogP contribution in [0, 0.1) is 0 Å². The molecule has 5 nitrogen and oxygen atoms in total. The Bertz CT molecular complexity index is 969. The molecule has 8 heteroatoms. The number of methoxy groups -OCH3 is 1. The molecule has 0 saturated heterocycles. The molecule has 29 heavy (non-hydrogen) atoms. The number of rotatable bonds is 8. The molecule has 0 unspecified atom stereocenters. The Balaban J connectivity index is 2.01. The Morgan fingerprint density at radius 2 is 1.83 bits per heavy atom. The number of nitrogens with zero attached hydrogens (tertiary/aromatic N) is 1. The minimum Gasteiger partial charge on any atom is -0.507 e. The summed E-state index contributed by atoms with van der Waals surface area (Å²) in [4.78, 5) is 4.59. The lowest BCUT2D eigenvalue weighted by atomic mass is 10.0. The number of nitrogens with one attached hydrogen (secondary N) is 1. The van der Waals surface area contributed by atoms with Gasteiger partial charge >= 0.3 is 6.61 Å². The van der Waals surface area contributed by atoms with Crippen LogP contribution in [0.3, 0.4) is 0 Å². The van der Waals surface area contributed by atoms with Gasteiger partial charge in [-0.1, -0.05) is 28.1 Å². The van der Waals surface area contributed by atoms with Crippen molar-refractivity contribution in [3.63, 3.8) is 0 Å². The topological polar surface area (TPSA) is 63.6 Å². The maximum Gasteiger partial charge on any atom is 0.387 e. The van der Waals surface area contributed by atoms with Gasteiger partial charge in [-0.05, 0) is 53.6 Å². The molecule has 2 aromatic carbocycles. The number of ether oxygens (including phenoxy) is 2. The third-order valence-corrected chi connectivity index (χ3v) is 4.58. The third kappa shape index (κ3) is 5.65. The van der Waals surface area contributed by atoms with Crippen molar-refractivity contribution in [2.75, 3.05) is 25.6 Å². The highest BCUT2D eigenvalue weighted by molar-refractivity contribution is 9.10. The monoisotopic (exact) mass is 464 g/mol. The number of phenolic OH excluding ortho intramolecular Hbond substituents is 1. The average molecular weight is 465 g/mol. The minimum atomic E-state index is -2.87. The lowest BCUT2D eigenvalue weighted by Crippen LogP contribution is -2.09. The average Bonchev–Trinajstić information content (AvgIpc) is 2.70. The Hall–Kier alpha value is -2.71. The van der Waals surface area contributed by atoms with E-state index in [9.17, 15) is 13.9 Å². The van der Waals surface area contributed by atoms with E-state index in [4.69, 9.17) is 4.74 Å². The second kappa shape index (κ2) is 9.67. The van der Waals surface area contributed by atoms with Crippen LogP contribution in [0.25, 0.3) is 22.4 Å². The zero-order valence-corrected chi connectivity index (χ0v) is 17.1. The van der Waals surface area contributed by atoms with Gasteiger partial charge in [0.05, 0.1) is 12.3 Å². The van der Waals surface area contributed by atoms with Gasteiger partial charge in [-0.2, -0.15) is 8.78 Å². The molecule has 1 heterocycles. The molecule has 152 valence electrons. The third-order valence-electron chi connectivity index (χ3n) is 4.09. The van der Waals surface area contributed by atoms with Crippen molar-refractivity contribution >= 4 is 21.7 Å². The zero-order valence-electron chi connectivity index (χ0n) is 15.5. The van der Waals surface area contributed by atoms with E-state index in [1.807, 2.05) is 12.1 Å². The van der Waals surface area contributed by atoms with Gasteiger partial charge in [-0.3, -0.25) is 0 Å². The molecule has 1 aromatic heterocycles. The minimum absolute atomic E-state index is 0.0844. The first-order valence-electron chi connectivity index (χ1n) is 8.75. The van der Waals surface area contributed by atoms with Crippen LogP contribution in [-0.2, 0) is 4.74 Å². The maximum atomic E-state index is 12.4. The highest BCUT2D eigenvalue weighted by atomic mass is 79.9. The molecule has 0 saturated carbocycles. The highest BCUT2D eigenvalue weighted by Gasteiger charge is 2.12. The molecule has 3 aromatic rings. The van der Waals surface area contributed by atoms with E-state index in [1.54, 1.807) is 37.4 Å². The first-order valence-corrected chi connectivity index (χ1v) is 9.54. The smallest absolute Gasteiger partial charge is 0.387 e. The lowest BCUT2D eigenvalue weighted by molar-refractivity contribution is -0.0498. The van der Waals surface area contributed by atoms with Gasteiger partial charge in [0, 0.05) is 23.7 Å². The van der Waals surface area contributed by atoms with Crippen LogP contribution in [0.1, 0.15) is 0 Å². The summed E-state index contributed by atoms with van der Waals surface area (Å²) in [5.41, 5.74) is 2.72. The molecule has 0 fully saturated rings. The fraction of sp³-hybridized carbons (Fsp3) is 0.190. The van der Waals surface area contributed by atoms with E-state index < -0.39 is 6.61 Å². The molecule has 2 N–H and O–H groups in total. The normalized spacial score (nSPS) is 10.9. The zero-order chi connectivity index (χ0) is 20.8. The van der Waals surface area contributed by atoms with E-state index in [-0.39, 0.29) is 11.5 Å². The van der Waals surface area contributed by atoms with Gasteiger partial charge in [0.1, 0.15) is 17.3 Å². The number of aromatic hydroxyl groups is 1. The molecule has 0 aliphatic rings. The van der Waals surface area contributed by atoms with Gasteiger partial charge in [-0.15, -0.1) is 0 Å². The maximum absolute atomic E-state index is 12.4. The summed E-state index contributed by atoms with van der Waals surface area (Å²) in [7, 11) is 1.61. The standard InChI is InChI=1S/C21H19BrF2N2O3/c1-28-9-8-25-20-11-14(13-2-5-16(6-3-13)29-21(23)24)10-18(26-20)17-12-15(22)4-7-19(17)27/h2-7,10-12,21,27H,8-9H2,1H3,(H,25,26). The summed E-state index contributed by atoms with van der Waals surface area (Å²) in [5, 5.41) is 13.5. The SMILES string of the molecule is COCCNc1cc(-c2ccc(OC(F)F)cc2)cc(-c2cc(Br)ccc2O)n1. The Morgan fingerprint density at radius 3 is 2.52 bits per heavy atom. The second-order valence-electron chi connectivity index (χ2n) is 6.11. The number of aromatic nitrogens is 1. The van der Waals surface area contributed by atoms with Crippen LogP contribution in [0.15, 0.2) is 59.1 Å². The molecule has 0 amide bonds. The van der Waals surface area contributed by atoms with Crippen molar-refractivity contribution < 1.29 is 23.4 Å². The first kappa shape index (κ1) is 21.0. The quantitative estimate of drug-likeness (QED) is 0.428. The van der Waals surface area contributed by atoms with Crippen molar-refractivity contribution in [3.05, 3.63) is 59.1 Å². The van der Waals surface area contributed by atoms with Crippen molar-refractivity contribution in [2.24, 2.45) is 0 Å². The second-order valence-corrected chi connectivity index (χ2v) is 7.03. The van der Waals surface area contributed by atoms with Crippen molar-refractivity contribution in [2.45, 2.75) is 6.61 Å². The van der Waals surface area contributed by atoms with Crippen molar-refractivity contribution in [3.8, 4) is 33.9 Å². The van der Waals surface area contributed by atoms with Crippen molar-refractivity contribution in [1.82, 2.24) is 4.98 Å². The van der Waals surface area contributed by atoms with Crippen LogP contribution < -0.4 is 10.1 Å². The van der Waals surface area contributed by atoms with Crippen LogP contribution in [0.4, 0.5) is 14.6 Å². The van der Waals surface area contributed by atoms with E-state index in [0.29, 0.717) is 30.2 Å². The predicted molar refractivity (Wildman–Crippen MR) is 111 cm³/mol. The van der Waals surface area contributed by atoms with Crippen LogP contribution in [0.2, 0.25) is 0 Å². The largest absolute Gasteiger partial charge is 0.507 e. The van der Waals surface area contributed by atoms with E-state index >= 15 is 0 Å². The van der Waals surface area contributed by atoms with Crippen LogP contribution >= 0.6 is 15.9 Å². The fourth-order valence-electron chi connectivity index (χ4n) is 2.75. The van der Waals surface area contributed by atoms with Gasteiger partial charge in [0.25, 0.3) is 0 Å². The molecular formula is C21H19BrF2N2O3. The summed E-state index contributed by atoms with van der Waals surface area (Å²) in [5.74, 6) is 0.782. The fourth-order valence-corrected chi connectivity index (χ4v) is 3.11. The number of alkyl halides is 2. The lowest BCUT2D eigenvalue weighted by Gasteiger charge is -2.13. The Labute approximate surface area is 175 Å². The van der Waals surface area contributed by atoms with Crippen LogP contribution in [0.5, 0.6) is 11.5 Å². The molecule has 0 aliphatic carbocycles. The van der Waals surface area contributed by atoms with E-state index in [1.165, 1.54) is 12.1 Å². The Morgan fingerprint density at radius 1 is 1.07 bits per heavy atom. The van der Waals surface area contributed by atoms with Crippen molar-refractivity contribution in [1.29, 1.82) is 0 Å². The number of hydrogen-bond donors (Lipinski definition) is 2. The molecule has 0 aliphatic heterocycles. The van der Waals surface area contributed by atoms with Gasteiger partial charge in [-0.25, -0.2) is 4.98 Å². The number of anilines is 1. The summed E-state index contributed by atoms with van der Waals surface area (Å²) < 4.78 is 35.0. The molecule has 0 bridgehead atoms. The molecule has 3 rings (SSSR count). The summed E-state index contributed by atoms with van der Waals surface area (Å²) >= 11 is 3.41. The first-order chi connectivity index (χ1) is 14.0. The number of phenols is 1. The van der Waals surface area contributed by atoms with E-state index in [0.717, 1.165) is 15.6 Å². The number of hydrogen-bond acceptors (Lipinski definition) is 5. The highest BCUT2D eigenvalue weighted by Crippen LogP contribution is 2.34. The molecule has 0 spiro atoms. The van der Waals surface area contributed by atoms with Gasteiger partial charge in [0.2, 0.25) is 0 Å².